The molecule has 0 aromatic heterocycles. The summed E-state index contributed by atoms with van der Waals surface area (Å²) in [6, 6.07) is 6.03. The van der Waals surface area contributed by atoms with Crippen LogP contribution in [0.3, 0.4) is 0 Å². The molecule has 1 aliphatic heterocycles. The summed E-state index contributed by atoms with van der Waals surface area (Å²) in [5.74, 6) is -0.365. The zero-order chi connectivity index (χ0) is 19.2. The molecule has 1 fully saturated rings. The molecule has 0 unspecified atom stereocenters. The first-order valence-corrected chi connectivity index (χ1v) is 10.1. The Morgan fingerprint density at radius 1 is 1.15 bits per heavy atom. The van der Waals surface area contributed by atoms with Crippen molar-refractivity contribution >= 4 is 21.8 Å². The SMILES string of the molecule is CC(=O)N1CCN(S(=O)(=O)c2cccc(C(=O)NCCCCN)c2)CC1. The molecule has 0 atom stereocenters. The van der Waals surface area contributed by atoms with Gasteiger partial charge in [0.25, 0.3) is 5.91 Å². The molecule has 0 radical (unpaired) electrons. The number of nitrogens with one attached hydrogen (secondary N) is 1. The third-order valence-electron chi connectivity index (χ3n) is 4.33. The molecule has 2 amide bonds. The number of piperazine rings is 1. The smallest absolute Gasteiger partial charge is 0.251 e. The number of amides is 2. The molecule has 1 aliphatic rings. The summed E-state index contributed by atoms with van der Waals surface area (Å²) >= 11 is 0. The van der Waals surface area contributed by atoms with E-state index in [0.717, 1.165) is 12.8 Å². The van der Waals surface area contributed by atoms with E-state index in [0.29, 0.717) is 31.7 Å². The van der Waals surface area contributed by atoms with Gasteiger partial charge in [0.15, 0.2) is 0 Å². The number of benzene rings is 1. The Labute approximate surface area is 154 Å². The lowest BCUT2D eigenvalue weighted by molar-refractivity contribution is -0.129. The molecule has 26 heavy (non-hydrogen) atoms. The fraction of sp³-hybridized carbons (Fsp3) is 0.529. The van der Waals surface area contributed by atoms with Gasteiger partial charge in [0, 0.05) is 45.2 Å². The van der Waals surface area contributed by atoms with Crippen LogP contribution in [-0.2, 0) is 14.8 Å². The fourth-order valence-electron chi connectivity index (χ4n) is 2.76. The minimum atomic E-state index is -3.70. The average molecular weight is 382 g/mol. The maximum Gasteiger partial charge on any atom is 0.251 e. The number of nitrogens with two attached hydrogens (primary N) is 1. The van der Waals surface area contributed by atoms with E-state index in [1.807, 2.05) is 0 Å². The van der Waals surface area contributed by atoms with Crippen molar-refractivity contribution in [2.75, 3.05) is 39.3 Å². The van der Waals surface area contributed by atoms with E-state index in [-0.39, 0.29) is 29.8 Å². The molecule has 1 heterocycles. The number of sulfonamides is 1. The second-order valence-electron chi connectivity index (χ2n) is 6.19. The molecule has 1 aromatic carbocycles. The molecule has 2 rings (SSSR count). The molecular formula is C17H26N4O4S. The molecule has 144 valence electrons. The number of unbranched alkanes of at least 4 members (excludes halogenated alkanes) is 1. The molecule has 0 aliphatic carbocycles. The van der Waals surface area contributed by atoms with Crippen LogP contribution in [0.5, 0.6) is 0 Å². The van der Waals surface area contributed by atoms with Crippen LogP contribution in [-0.4, -0.2) is 68.7 Å². The van der Waals surface area contributed by atoms with Crippen molar-refractivity contribution in [2.45, 2.75) is 24.7 Å². The first-order valence-electron chi connectivity index (χ1n) is 8.70. The van der Waals surface area contributed by atoms with E-state index < -0.39 is 10.0 Å². The van der Waals surface area contributed by atoms with Crippen LogP contribution < -0.4 is 11.1 Å². The molecule has 8 nitrogen and oxygen atoms in total. The summed E-state index contributed by atoms with van der Waals surface area (Å²) in [5, 5.41) is 2.76. The van der Waals surface area contributed by atoms with Crippen molar-refractivity contribution in [1.29, 1.82) is 0 Å². The fourth-order valence-corrected chi connectivity index (χ4v) is 4.23. The van der Waals surface area contributed by atoms with Crippen LogP contribution in [0.1, 0.15) is 30.1 Å². The van der Waals surface area contributed by atoms with Gasteiger partial charge in [-0.25, -0.2) is 8.42 Å². The van der Waals surface area contributed by atoms with Crippen LogP contribution >= 0.6 is 0 Å². The van der Waals surface area contributed by atoms with Gasteiger partial charge in [-0.1, -0.05) is 6.07 Å². The molecule has 1 aromatic rings. The summed E-state index contributed by atoms with van der Waals surface area (Å²) in [5.41, 5.74) is 5.72. The summed E-state index contributed by atoms with van der Waals surface area (Å²) in [4.78, 5) is 25.3. The highest BCUT2D eigenvalue weighted by Gasteiger charge is 2.29. The molecule has 1 saturated heterocycles. The lowest BCUT2D eigenvalue weighted by atomic mass is 10.2. The zero-order valence-corrected chi connectivity index (χ0v) is 15.8. The first kappa shape index (κ1) is 20.3. The summed E-state index contributed by atoms with van der Waals surface area (Å²) < 4.78 is 27.0. The van der Waals surface area contributed by atoms with Crippen molar-refractivity contribution in [3.8, 4) is 0 Å². The standard InChI is InChI=1S/C17H26N4O4S/c1-14(22)20-9-11-21(12-10-20)26(24,25)16-6-4-5-15(13-16)17(23)19-8-3-2-7-18/h4-6,13H,2-3,7-12,18H2,1H3,(H,19,23). The molecule has 0 bridgehead atoms. The van der Waals surface area contributed by atoms with Crippen molar-refractivity contribution in [2.24, 2.45) is 5.73 Å². The Kier molecular flexibility index (Phi) is 7.13. The van der Waals surface area contributed by atoms with E-state index in [1.54, 1.807) is 17.0 Å². The monoisotopic (exact) mass is 382 g/mol. The molecule has 0 saturated carbocycles. The molecular weight excluding hydrogens is 356 g/mol. The number of carbonyl (C=O) groups is 2. The van der Waals surface area contributed by atoms with E-state index >= 15 is 0 Å². The van der Waals surface area contributed by atoms with Gasteiger partial charge in [0.2, 0.25) is 15.9 Å². The van der Waals surface area contributed by atoms with E-state index in [4.69, 9.17) is 5.73 Å². The second-order valence-corrected chi connectivity index (χ2v) is 8.13. The van der Waals surface area contributed by atoms with E-state index in [1.165, 1.54) is 23.4 Å². The molecule has 0 spiro atoms. The van der Waals surface area contributed by atoms with Crippen LogP contribution in [0.25, 0.3) is 0 Å². The Morgan fingerprint density at radius 3 is 2.46 bits per heavy atom. The highest BCUT2D eigenvalue weighted by molar-refractivity contribution is 7.89. The molecule has 9 heteroatoms. The Balaban J connectivity index is 2.06. The van der Waals surface area contributed by atoms with Gasteiger partial charge in [-0.05, 0) is 37.6 Å². The van der Waals surface area contributed by atoms with Crippen molar-refractivity contribution < 1.29 is 18.0 Å². The summed E-state index contributed by atoms with van der Waals surface area (Å²) in [6.45, 7) is 3.78. The van der Waals surface area contributed by atoms with Gasteiger partial charge in [-0.15, -0.1) is 0 Å². The summed E-state index contributed by atoms with van der Waals surface area (Å²) in [7, 11) is -3.70. The predicted molar refractivity (Wildman–Crippen MR) is 98.1 cm³/mol. The van der Waals surface area contributed by atoms with E-state index in [2.05, 4.69) is 5.32 Å². The maximum absolute atomic E-state index is 12.8. The van der Waals surface area contributed by atoms with Crippen LogP contribution in [0.4, 0.5) is 0 Å². The minimum Gasteiger partial charge on any atom is -0.352 e. The first-order chi connectivity index (χ1) is 12.4. The van der Waals surface area contributed by atoms with Gasteiger partial charge in [-0.2, -0.15) is 4.31 Å². The van der Waals surface area contributed by atoms with Gasteiger partial charge < -0.3 is 16.0 Å². The Hall–Kier alpha value is -1.97. The Morgan fingerprint density at radius 2 is 1.85 bits per heavy atom. The number of hydrogen-bond donors (Lipinski definition) is 2. The Bertz CT molecular complexity index is 743. The highest BCUT2D eigenvalue weighted by atomic mass is 32.2. The second kappa shape index (κ2) is 9.11. The van der Waals surface area contributed by atoms with Crippen LogP contribution in [0, 0.1) is 0 Å². The van der Waals surface area contributed by atoms with Gasteiger partial charge >= 0.3 is 0 Å². The summed E-state index contributed by atoms with van der Waals surface area (Å²) in [6.07, 6.45) is 1.60. The van der Waals surface area contributed by atoms with Gasteiger partial charge in [-0.3, -0.25) is 9.59 Å². The predicted octanol–water partition coefficient (Wildman–Crippen LogP) is 0.00810. The molecule has 3 N–H and O–H groups in total. The van der Waals surface area contributed by atoms with Gasteiger partial charge in [0.1, 0.15) is 0 Å². The largest absolute Gasteiger partial charge is 0.352 e. The van der Waals surface area contributed by atoms with E-state index in [9.17, 15) is 18.0 Å². The van der Waals surface area contributed by atoms with Crippen molar-refractivity contribution in [3.63, 3.8) is 0 Å². The number of hydrogen-bond acceptors (Lipinski definition) is 5. The third-order valence-corrected chi connectivity index (χ3v) is 6.23. The van der Waals surface area contributed by atoms with Gasteiger partial charge in [0.05, 0.1) is 4.90 Å². The average Bonchev–Trinajstić information content (AvgIpc) is 2.65. The number of rotatable bonds is 7. The number of nitrogens with zero attached hydrogens (tertiary/aromatic N) is 2. The van der Waals surface area contributed by atoms with Crippen LogP contribution in [0.2, 0.25) is 0 Å². The minimum absolute atomic E-state index is 0.0599. The third kappa shape index (κ3) is 5.03. The topological polar surface area (TPSA) is 113 Å². The highest BCUT2D eigenvalue weighted by Crippen LogP contribution is 2.19. The lowest BCUT2D eigenvalue weighted by Gasteiger charge is -2.33. The normalized spacial score (nSPS) is 15.7. The van der Waals surface area contributed by atoms with Crippen LogP contribution in [0.15, 0.2) is 29.2 Å². The quantitative estimate of drug-likeness (QED) is 0.645. The number of carbonyl (C=O) groups excluding carboxylic acids is 2. The maximum atomic E-state index is 12.8. The zero-order valence-electron chi connectivity index (χ0n) is 15.0. The van der Waals surface area contributed by atoms with Crippen molar-refractivity contribution in [3.05, 3.63) is 29.8 Å². The lowest BCUT2D eigenvalue weighted by Crippen LogP contribution is -2.49. The van der Waals surface area contributed by atoms with Crippen molar-refractivity contribution in [1.82, 2.24) is 14.5 Å².